The third-order valence-electron chi connectivity index (χ3n) is 3.40. The number of hydrogen-bond acceptors (Lipinski definition) is 1. The standard InChI is InChI=1S/C17H19ClFN/c1-4-20-17(13-7-5-6-12(3)16(13)18)14-10-11(2)8-9-15(14)19/h5-10,17,20H,4H2,1-3H3. The number of rotatable bonds is 4. The van der Waals surface area contributed by atoms with Crippen molar-refractivity contribution in [3.05, 3.63) is 69.5 Å². The van der Waals surface area contributed by atoms with Gasteiger partial charge in [0.25, 0.3) is 0 Å². The van der Waals surface area contributed by atoms with Crippen LogP contribution in [0.4, 0.5) is 4.39 Å². The molecule has 1 atom stereocenters. The van der Waals surface area contributed by atoms with E-state index in [-0.39, 0.29) is 11.9 Å². The van der Waals surface area contributed by atoms with Gasteiger partial charge >= 0.3 is 0 Å². The Morgan fingerprint density at radius 2 is 1.90 bits per heavy atom. The van der Waals surface area contributed by atoms with Crippen LogP contribution in [0.3, 0.4) is 0 Å². The molecule has 0 radical (unpaired) electrons. The fraction of sp³-hybridized carbons (Fsp3) is 0.294. The highest BCUT2D eigenvalue weighted by molar-refractivity contribution is 6.32. The summed E-state index contributed by atoms with van der Waals surface area (Å²) in [6.45, 7) is 6.66. The average molecular weight is 292 g/mol. The molecule has 0 amide bonds. The molecule has 1 unspecified atom stereocenters. The minimum Gasteiger partial charge on any atom is -0.306 e. The zero-order chi connectivity index (χ0) is 14.7. The summed E-state index contributed by atoms with van der Waals surface area (Å²) in [7, 11) is 0. The van der Waals surface area contributed by atoms with Crippen LogP contribution < -0.4 is 5.32 Å². The van der Waals surface area contributed by atoms with Gasteiger partial charge in [0.2, 0.25) is 0 Å². The van der Waals surface area contributed by atoms with E-state index in [1.807, 2.05) is 45.0 Å². The van der Waals surface area contributed by atoms with Crippen LogP contribution in [0, 0.1) is 19.7 Å². The molecule has 106 valence electrons. The van der Waals surface area contributed by atoms with Gasteiger partial charge in [0.1, 0.15) is 5.82 Å². The molecule has 0 aliphatic carbocycles. The Morgan fingerprint density at radius 3 is 2.60 bits per heavy atom. The summed E-state index contributed by atoms with van der Waals surface area (Å²) < 4.78 is 14.2. The van der Waals surface area contributed by atoms with E-state index in [1.54, 1.807) is 6.07 Å². The van der Waals surface area contributed by atoms with Crippen LogP contribution in [0.25, 0.3) is 0 Å². The zero-order valence-corrected chi connectivity index (χ0v) is 12.8. The van der Waals surface area contributed by atoms with Gasteiger partial charge in [-0.05, 0) is 37.6 Å². The molecule has 2 aromatic carbocycles. The van der Waals surface area contributed by atoms with E-state index in [4.69, 9.17) is 11.6 Å². The lowest BCUT2D eigenvalue weighted by Crippen LogP contribution is -2.23. The third kappa shape index (κ3) is 3.02. The summed E-state index contributed by atoms with van der Waals surface area (Å²) in [4.78, 5) is 0. The summed E-state index contributed by atoms with van der Waals surface area (Å²) in [6, 6.07) is 10.8. The van der Waals surface area contributed by atoms with Crippen LogP contribution in [0.1, 0.15) is 35.2 Å². The Labute approximate surface area is 124 Å². The maximum Gasteiger partial charge on any atom is 0.128 e. The van der Waals surface area contributed by atoms with Gasteiger partial charge in [-0.2, -0.15) is 0 Å². The zero-order valence-electron chi connectivity index (χ0n) is 12.0. The highest BCUT2D eigenvalue weighted by Crippen LogP contribution is 2.32. The molecule has 2 aromatic rings. The smallest absolute Gasteiger partial charge is 0.128 e. The summed E-state index contributed by atoms with van der Waals surface area (Å²) in [5.41, 5.74) is 3.59. The van der Waals surface area contributed by atoms with Crippen molar-refractivity contribution in [3.63, 3.8) is 0 Å². The van der Waals surface area contributed by atoms with E-state index in [9.17, 15) is 4.39 Å². The molecule has 2 rings (SSSR count). The van der Waals surface area contributed by atoms with Crippen molar-refractivity contribution < 1.29 is 4.39 Å². The summed E-state index contributed by atoms with van der Waals surface area (Å²) in [5.74, 6) is -0.209. The van der Waals surface area contributed by atoms with Crippen LogP contribution in [0.15, 0.2) is 36.4 Å². The molecule has 0 saturated carbocycles. The summed E-state index contributed by atoms with van der Waals surface area (Å²) in [5, 5.41) is 4.02. The molecule has 0 fully saturated rings. The van der Waals surface area contributed by atoms with Crippen molar-refractivity contribution in [2.24, 2.45) is 0 Å². The van der Waals surface area contributed by atoms with Gasteiger partial charge in [-0.25, -0.2) is 4.39 Å². The van der Waals surface area contributed by atoms with E-state index in [1.165, 1.54) is 6.07 Å². The molecule has 0 heterocycles. The van der Waals surface area contributed by atoms with E-state index in [0.717, 1.165) is 23.2 Å². The van der Waals surface area contributed by atoms with Crippen molar-refractivity contribution >= 4 is 11.6 Å². The molecule has 3 heteroatoms. The highest BCUT2D eigenvalue weighted by Gasteiger charge is 2.20. The summed E-state index contributed by atoms with van der Waals surface area (Å²) >= 11 is 6.40. The van der Waals surface area contributed by atoms with Crippen molar-refractivity contribution in [1.82, 2.24) is 5.32 Å². The molecular weight excluding hydrogens is 273 g/mol. The lowest BCUT2D eigenvalue weighted by Gasteiger charge is -2.22. The first kappa shape index (κ1) is 15.0. The Hall–Kier alpha value is -1.38. The molecule has 1 nitrogen and oxygen atoms in total. The Bertz CT molecular complexity index is 608. The molecular formula is C17H19ClFN. The molecule has 0 bridgehead atoms. The highest BCUT2D eigenvalue weighted by atomic mass is 35.5. The van der Waals surface area contributed by atoms with Gasteiger partial charge in [-0.3, -0.25) is 0 Å². The first-order chi connectivity index (χ1) is 9.54. The number of halogens is 2. The van der Waals surface area contributed by atoms with Crippen molar-refractivity contribution in [2.45, 2.75) is 26.8 Å². The fourth-order valence-electron chi connectivity index (χ4n) is 2.37. The molecule has 0 aliphatic heterocycles. The largest absolute Gasteiger partial charge is 0.306 e. The maximum absolute atomic E-state index is 14.2. The normalized spacial score (nSPS) is 12.4. The molecule has 20 heavy (non-hydrogen) atoms. The first-order valence-corrected chi connectivity index (χ1v) is 7.16. The number of aryl methyl sites for hydroxylation is 2. The van der Waals surface area contributed by atoms with Crippen LogP contribution in [-0.4, -0.2) is 6.54 Å². The van der Waals surface area contributed by atoms with Gasteiger partial charge in [-0.15, -0.1) is 0 Å². The summed E-state index contributed by atoms with van der Waals surface area (Å²) in [6.07, 6.45) is 0. The van der Waals surface area contributed by atoms with Gasteiger partial charge in [-0.1, -0.05) is 54.4 Å². The van der Waals surface area contributed by atoms with Crippen molar-refractivity contribution in [3.8, 4) is 0 Å². The Balaban J connectivity index is 2.56. The van der Waals surface area contributed by atoms with Crippen molar-refractivity contribution in [1.29, 1.82) is 0 Å². The molecule has 0 aliphatic rings. The first-order valence-electron chi connectivity index (χ1n) is 6.79. The molecule has 1 N–H and O–H groups in total. The van der Waals surface area contributed by atoms with Crippen LogP contribution in [0.5, 0.6) is 0 Å². The molecule has 0 spiro atoms. The van der Waals surface area contributed by atoms with Gasteiger partial charge in [0.15, 0.2) is 0 Å². The second-order valence-electron chi connectivity index (χ2n) is 4.99. The number of nitrogens with one attached hydrogen (secondary N) is 1. The van der Waals surface area contributed by atoms with Crippen molar-refractivity contribution in [2.75, 3.05) is 6.54 Å². The predicted molar refractivity (Wildman–Crippen MR) is 82.8 cm³/mol. The van der Waals surface area contributed by atoms with E-state index in [2.05, 4.69) is 5.32 Å². The monoisotopic (exact) mass is 291 g/mol. The second-order valence-corrected chi connectivity index (χ2v) is 5.37. The van der Waals surface area contributed by atoms with Gasteiger partial charge in [0, 0.05) is 10.6 Å². The fourth-order valence-corrected chi connectivity index (χ4v) is 2.60. The van der Waals surface area contributed by atoms with Crippen LogP contribution in [-0.2, 0) is 0 Å². The number of benzene rings is 2. The van der Waals surface area contributed by atoms with E-state index < -0.39 is 0 Å². The van der Waals surface area contributed by atoms with Gasteiger partial charge in [0.05, 0.1) is 6.04 Å². The topological polar surface area (TPSA) is 12.0 Å². The lowest BCUT2D eigenvalue weighted by atomic mass is 9.95. The number of hydrogen-bond donors (Lipinski definition) is 1. The molecule has 0 aromatic heterocycles. The van der Waals surface area contributed by atoms with Gasteiger partial charge < -0.3 is 5.32 Å². The van der Waals surface area contributed by atoms with E-state index >= 15 is 0 Å². The maximum atomic E-state index is 14.2. The van der Waals surface area contributed by atoms with Crippen LogP contribution >= 0.6 is 11.6 Å². The van der Waals surface area contributed by atoms with Crippen LogP contribution in [0.2, 0.25) is 5.02 Å². The Kier molecular flexibility index (Phi) is 4.79. The lowest BCUT2D eigenvalue weighted by molar-refractivity contribution is 0.558. The third-order valence-corrected chi connectivity index (χ3v) is 3.92. The second kappa shape index (κ2) is 6.38. The SMILES string of the molecule is CCNC(c1cc(C)ccc1F)c1cccc(C)c1Cl. The molecule has 0 saturated heterocycles. The minimum atomic E-state index is -0.229. The Morgan fingerprint density at radius 1 is 1.15 bits per heavy atom. The quantitative estimate of drug-likeness (QED) is 0.853. The average Bonchev–Trinajstić information content (AvgIpc) is 2.43. The predicted octanol–water partition coefficient (Wildman–Crippen LogP) is 4.79. The van der Waals surface area contributed by atoms with E-state index in [0.29, 0.717) is 10.6 Å². The minimum absolute atomic E-state index is 0.209.